The second-order valence-corrected chi connectivity index (χ2v) is 6.61. The van der Waals surface area contributed by atoms with Crippen LogP contribution in [0.1, 0.15) is 39.0 Å². The van der Waals surface area contributed by atoms with Crippen molar-refractivity contribution in [2.75, 3.05) is 31.1 Å². The Bertz CT molecular complexity index is 587. The SMILES string of the molecule is CCOC(=O)C1CCCCN1C(=O)C1CCN(c2ncccn2)CC1. The van der Waals surface area contributed by atoms with E-state index in [1.807, 2.05) is 0 Å². The lowest BCUT2D eigenvalue weighted by Gasteiger charge is -2.38. The van der Waals surface area contributed by atoms with Crippen LogP contribution in [0.5, 0.6) is 0 Å². The van der Waals surface area contributed by atoms with Gasteiger partial charge in [0.05, 0.1) is 6.61 Å². The summed E-state index contributed by atoms with van der Waals surface area (Å²) in [5, 5.41) is 0. The zero-order valence-corrected chi connectivity index (χ0v) is 14.8. The van der Waals surface area contributed by atoms with Gasteiger partial charge in [-0.05, 0) is 45.1 Å². The molecule has 1 amide bonds. The summed E-state index contributed by atoms with van der Waals surface area (Å²) in [5.74, 6) is 0.530. The van der Waals surface area contributed by atoms with Crippen LogP contribution in [-0.2, 0) is 14.3 Å². The molecule has 2 aliphatic heterocycles. The van der Waals surface area contributed by atoms with Crippen molar-refractivity contribution in [1.82, 2.24) is 14.9 Å². The first-order valence-corrected chi connectivity index (χ1v) is 9.19. The Morgan fingerprint density at radius 1 is 1.12 bits per heavy atom. The predicted molar refractivity (Wildman–Crippen MR) is 93.0 cm³/mol. The lowest BCUT2D eigenvalue weighted by atomic mass is 9.92. The number of anilines is 1. The maximum absolute atomic E-state index is 13.0. The number of esters is 1. The molecule has 3 heterocycles. The molecule has 2 aliphatic rings. The van der Waals surface area contributed by atoms with E-state index in [1.165, 1.54) is 0 Å². The van der Waals surface area contributed by atoms with Crippen LogP contribution in [0.25, 0.3) is 0 Å². The number of amides is 1. The molecular weight excluding hydrogens is 320 g/mol. The Balaban J connectivity index is 1.60. The molecule has 3 rings (SSSR count). The number of ether oxygens (including phenoxy) is 1. The highest BCUT2D eigenvalue weighted by atomic mass is 16.5. The van der Waals surface area contributed by atoms with E-state index in [-0.39, 0.29) is 17.8 Å². The monoisotopic (exact) mass is 346 g/mol. The minimum Gasteiger partial charge on any atom is -0.464 e. The molecule has 0 radical (unpaired) electrons. The van der Waals surface area contributed by atoms with Crippen molar-refractivity contribution in [3.63, 3.8) is 0 Å². The van der Waals surface area contributed by atoms with Crippen LogP contribution < -0.4 is 4.90 Å². The van der Waals surface area contributed by atoms with Gasteiger partial charge in [0.1, 0.15) is 6.04 Å². The fourth-order valence-electron chi connectivity index (χ4n) is 3.69. The molecule has 1 aromatic heterocycles. The molecule has 0 aliphatic carbocycles. The van der Waals surface area contributed by atoms with Gasteiger partial charge in [-0.2, -0.15) is 0 Å². The molecule has 0 N–H and O–H groups in total. The molecule has 0 spiro atoms. The van der Waals surface area contributed by atoms with Crippen LogP contribution in [0.15, 0.2) is 18.5 Å². The van der Waals surface area contributed by atoms with Crippen molar-refractivity contribution < 1.29 is 14.3 Å². The topological polar surface area (TPSA) is 75.6 Å². The molecule has 25 heavy (non-hydrogen) atoms. The number of carbonyl (C=O) groups is 2. The first-order chi connectivity index (χ1) is 12.2. The molecular formula is C18H26N4O3. The van der Waals surface area contributed by atoms with E-state index < -0.39 is 6.04 Å². The summed E-state index contributed by atoms with van der Waals surface area (Å²) in [5.41, 5.74) is 0. The van der Waals surface area contributed by atoms with Gasteiger partial charge in [0.15, 0.2) is 0 Å². The van der Waals surface area contributed by atoms with E-state index in [2.05, 4.69) is 14.9 Å². The summed E-state index contributed by atoms with van der Waals surface area (Å²) >= 11 is 0. The van der Waals surface area contributed by atoms with E-state index >= 15 is 0 Å². The van der Waals surface area contributed by atoms with Crippen molar-refractivity contribution in [2.24, 2.45) is 5.92 Å². The lowest BCUT2D eigenvalue weighted by Crippen LogP contribution is -2.52. The number of hydrogen-bond acceptors (Lipinski definition) is 6. The van der Waals surface area contributed by atoms with Crippen molar-refractivity contribution >= 4 is 17.8 Å². The van der Waals surface area contributed by atoms with Gasteiger partial charge in [0.2, 0.25) is 11.9 Å². The molecule has 2 saturated heterocycles. The van der Waals surface area contributed by atoms with Gasteiger partial charge in [-0.1, -0.05) is 0 Å². The van der Waals surface area contributed by atoms with Gasteiger partial charge >= 0.3 is 5.97 Å². The fraction of sp³-hybridized carbons (Fsp3) is 0.667. The zero-order valence-electron chi connectivity index (χ0n) is 14.8. The van der Waals surface area contributed by atoms with Gasteiger partial charge in [-0.25, -0.2) is 14.8 Å². The van der Waals surface area contributed by atoms with E-state index in [0.717, 1.165) is 44.7 Å². The molecule has 1 unspecified atom stereocenters. The predicted octanol–water partition coefficient (Wildman–Crippen LogP) is 1.64. The summed E-state index contributed by atoms with van der Waals surface area (Å²) in [6.07, 6.45) is 7.64. The van der Waals surface area contributed by atoms with Crippen LogP contribution in [-0.4, -0.2) is 59.0 Å². The van der Waals surface area contributed by atoms with Gasteiger partial charge in [0.25, 0.3) is 0 Å². The quantitative estimate of drug-likeness (QED) is 0.772. The highest BCUT2D eigenvalue weighted by Crippen LogP contribution is 2.26. The number of aromatic nitrogens is 2. The number of carbonyl (C=O) groups excluding carboxylic acids is 2. The fourth-order valence-corrected chi connectivity index (χ4v) is 3.69. The molecule has 136 valence electrons. The smallest absolute Gasteiger partial charge is 0.328 e. The third kappa shape index (κ3) is 4.08. The highest BCUT2D eigenvalue weighted by Gasteiger charge is 2.37. The molecule has 0 saturated carbocycles. The standard InChI is InChI=1S/C18H26N4O3/c1-2-25-17(24)15-6-3-4-11-22(15)16(23)14-7-12-21(13-8-14)18-19-9-5-10-20-18/h5,9-10,14-15H,2-4,6-8,11-13H2,1H3. The summed E-state index contributed by atoms with van der Waals surface area (Å²) in [7, 11) is 0. The molecule has 2 fully saturated rings. The second kappa shape index (κ2) is 8.27. The molecule has 0 aromatic carbocycles. The minimum atomic E-state index is -0.406. The Hall–Kier alpha value is -2.18. The number of piperidine rings is 2. The van der Waals surface area contributed by atoms with Crippen molar-refractivity contribution in [3.8, 4) is 0 Å². The first kappa shape index (κ1) is 17.6. The molecule has 7 nitrogen and oxygen atoms in total. The summed E-state index contributed by atoms with van der Waals surface area (Å²) < 4.78 is 5.17. The maximum Gasteiger partial charge on any atom is 0.328 e. The van der Waals surface area contributed by atoms with E-state index in [9.17, 15) is 9.59 Å². The molecule has 1 aromatic rings. The summed E-state index contributed by atoms with van der Waals surface area (Å²) in [4.78, 5) is 37.6. The van der Waals surface area contributed by atoms with Crippen molar-refractivity contribution in [1.29, 1.82) is 0 Å². The lowest BCUT2D eigenvalue weighted by molar-refractivity contribution is -0.158. The number of nitrogens with zero attached hydrogens (tertiary/aromatic N) is 4. The second-order valence-electron chi connectivity index (χ2n) is 6.61. The van der Waals surface area contributed by atoms with E-state index in [4.69, 9.17) is 4.74 Å². The normalized spacial score (nSPS) is 21.9. The van der Waals surface area contributed by atoms with Gasteiger partial charge in [0, 0.05) is 37.9 Å². The number of likely N-dealkylation sites (tertiary alicyclic amines) is 1. The molecule has 0 bridgehead atoms. The molecule has 1 atom stereocenters. The van der Waals surface area contributed by atoms with Crippen LogP contribution in [0.4, 0.5) is 5.95 Å². The Morgan fingerprint density at radius 2 is 1.84 bits per heavy atom. The maximum atomic E-state index is 13.0. The summed E-state index contributed by atoms with van der Waals surface area (Å²) in [6, 6.07) is 1.39. The average molecular weight is 346 g/mol. The average Bonchev–Trinajstić information content (AvgIpc) is 2.68. The Kier molecular flexibility index (Phi) is 5.83. The van der Waals surface area contributed by atoms with Crippen molar-refractivity contribution in [3.05, 3.63) is 18.5 Å². The third-order valence-electron chi connectivity index (χ3n) is 5.02. The Morgan fingerprint density at radius 3 is 2.52 bits per heavy atom. The largest absolute Gasteiger partial charge is 0.464 e. The van der Waals surface area contributed by atoms with Gasteiger partial charge in [-0.15, -0.1) is 0 Å². The molecule has 7 heteroatoms. The minimum absolute atomic E-state index is 0.0324. The van der Waals surface area contributed by atoms with Crippen molar-refractivity contribution in [2.45, 2.75) is 45.1 Å². The zero-order chi connectivity index (χ0) is 17.6. The number of rotatable bonds is 4. The van der Waals surface area contributed by atoms with Crippen LogP contribution in [0.2, 0.25) is 0 Å². The van der Waals surface area contributed by atoms with E-state index in [0.29, 0.717) is 19.6 Å². The summed E-state index contributed by atoms with van der Waals surface area (Å²) in [6.45, 7) is 4.34. The highest BCUT2D eigenvalue weighted by molar-refractivity contribution is 5.86. The van der Waals surface area contributed by atoms with Crippen LogP contribution in [0.3, 0.4) is 0 Å². The van der Waals surface area contributed by atoms with E-state index in [1.54, 1.807) is 30.3 Å². The van der Waals surface area contributed by atoms with Crippen LogP contribution in [0, 0.1) is 5.92 Å². The van der Waals surface area contributed by atoms with Gasteiger partial charge in [-0.3, -0.25) is 4.79 Å². The third-order valence-corrected chi connectivity index (χ3v) is 5.02. The first-order valence-electron chi connectivity index (χ1n) is 9.19. The number of hydrogen-bond donors (Lipinski definition) is 0. The Labute approximate surface area is 148 Å². The van der Waals surface area contributed by atoms with Crippen LogP contribution >= 0.6 is 0 Å². The van der Waals surface area contributed by atoms with Gasteiger partial charge < -0.3 is 14.5 Å².